The Bertz CT molecular complexity index is 582. The maximum absolute atomic E-state index is 11.3. The van der Waals surface area contributed by atoms with E-state index < -0.39 is 11.8 Å². The Labute approximate surface area is 90.4 Å². The van der Waals surface area contributed by atoms with Crippen LogP contribution in [0.5, 0.6) is 0 Å². The van der Waals surface area contributed by atoms with Gasteiger partial charge in [0.1, 0.15) is 0 Å². The molecule has 0 aliphatic rings. The molecule has 84 valence electrons. The molecule has 1 aromatic heterocycles. The molecule has 0 unspecified atom stereocenters. The quantitative estimate of drug-likeness (QED) is 0.683. The van der Waals surface area contributed by atoms with Crippen LogP contribution in [0.3, 0.4) is 0 Å². The Morgan fingerprint density at radius 1 is 1.56 bits per heavy atom. The highest BCUT2D eigenvalue weighted by Gasteiger charge is 2.08. The number of aromatic amines is 1. The fourth-order valence-electron chi connectivity index (χ4n) is 1.29. The van der Waals surface area contributed by atoms with Gasteiger partial charge in [-0.25, -0.2) is 4.79 Å². The van der Waals surface area contributed by atoms with Crippen LogP contribution in [-0.2, 0) is 4.79 Å². The first-order valence-electron chi connectivity index (χ1n) is 4.75. The monoisotopic (exact) mass is 221 g/mol. The standard InChI is InChI=1S/C10H11N3O3/c1-5(11)9(14)12-6-2-3-8-7(4-6)13-10(15)16-8/h2-5H,11H2,1H3,(H,12,14)(H,13,15)/t5-/m1/s1. The lowest BCUT2D eigenvalue weighted by Gasteiger charge is -2.06. The number of hydrogen-bond acceptors (Lipinski definition) is 4. The summed E-state index contributed by atoms with van der Waals surface area (Å²) in [4.78, 5) is 24.7. The van der Waals surface area contributed by atoms with Crippen molar-refractivity contribution >= 4 is 22.7 Å². The summed E-state index contributed by atoms with van der Waals surface area (Å²) in [7, 11) is 0. The van der Waals surface area contributed by atoms with Gasteiger partial charge in [-0.1, -0.05) is 0 Å². The topological polar surface area (TPSA) is 101 Å². The molecule has 0 saturated carbocycles. The molecule has 0 aliphatic heterocycles. The lowest BCUT2D eigenvalue weighted by atomic mass is 10.2. The molecule has 0 spiro atoms. The molecule has 4 N–H and O–H groups in total. The first kappa shape index (κ1) is 10.4. The van der Waals surface area contributed by atoms with Gasteiger partial charge in [-0.15, -0.1) is 0 Å². The van der Waals surface area contributed by atoms with E-state index in [0.717, 1.165) is 0 Å². The average molecular weight is 221 g/mol. The first-order chi connectivity index (χ1) is 7.56. The summed E-state index contributed by atoms with van der Waals surface area (Å²) < 4.78 is 4.83. The van der Waals surface area contributed by atoms with Crippen molar-refractivity contribution in [2.24, 2.45) is 5.73 Å². The second-order valence-electron chi connectivity index (χ2n) is 3.50. The second kappa shape index (κ2) is 3.82. The molecule has 0 radical (unpaired) electrons. The van der Waals surface area contributed by atoms with Gasteiger partial charge in [0.25, 0.3) is 0 Å². The summed E-state index contributed by atoms with van der Waals surface area (Å²) in [6.45, 7) is 1.59. The lowest BCUT2D eigenvalue weighted by Crippen LogP contribution is -2.32. The van der Waals surface area contributed by atoms with Crippen molar-refractivity contribution in [3.63, 3.8) is 0 Å². The van der Waals surface area contributed by atoms with Gasteiger partial charge < -0.3 is 15.5 Å². The molecular formula is C10H11N3O3. The van der Waals surface area contributed by atoms with Gasteiger partial charge in [0.15, 0.2) is 5.58 Å². The molecule has 0 saturated heterocycles. The van der Waals surface area contributed by atoms with Crippen molar-refractivity contribution in [2.75, 3.05) is 5.32 Å². The minimum Gasteiger partial charge on any atom is -0.408 e. The van der Waals surface area contributed by atoms with E-state index in [9.17, 15) is 9.59 Å². The highest BCUT2D eigenvalue weighted by Crippen LogP contribution is 2.15. The van der Waals surface area contributed by atoms with E-state index in [1.165, 1.54) is 0 Å². The van der Waals surface area contributed by atoms with Gasteiger partial charge in [0.2, 0.25) is 5.91 Å². The number of H-pyrrole nitrogens is 1. The zero-order chi connectivity index (χ0) is 11.7. The van der Waals surface area contributed by atoms with E-state index in [2.05, 4.69) is 10.3 Å². The predicted molar refractivity (Wildman–Crippen MR) is 59.1 cm³/mol. The molecule has 2 aromatic rings. The number of nitrogens with one attached hydrogen (secondary N) is 2. The van der Waals surface area contributed by atoms with Crippen molar-refractivity contribution in [2.45, 2.75) is 13.0 Å². The summed E-state index contributed by atoms with van der Waals surface area (Å²) in [5.74, 6) is -0.809. The third kappa shape index (κ3) is 1.96. The molecule has 1 atom stereocenters. The van der Waals surface area contributed by atoms with Crippen molar-refractivity contribution in [3.05, 3.63) is 28.7 Å². The number of rotatable bonds is 2. The minimum atomic E-state index is -0.584. The fraction of sp³-hybridized carbons (Fsp3) is 0.200. The van der Waals surface area contributed by atoms with Crippen molar-refractivity contribution in [1.82, 2.24) is 4.98 Å². The summed E-state index contributed by atoms with van der Waals surface area (Å²) in [6.07, 6.45) is 0. The molecule has 6 nitrogen and oxygen atoms in total. The maximum atomic E-state index is 11.3. The average Bonchev–Trinajstić information content (AvgIpc) is 2.57. The van der Waals surface area contributed by atoms with Gasteiger partial charge in [-0.3, -0.25) is 9.78 Å². The van der Waals surface area contributed by atoms with Gasteiger partial charge in [0.05, 0.1) is 11.6 Å². The van der Waals surface area contributed by atoms with Crippen molar-refractivity contribution in [1.29, 1.82) is 0 Å². The van der Waals surface area contributed by atoms with Crippen molar-refractivity contribution in [3.8, 4) is 0 Å². The molecule has 0 aliphatic carbocycles. The summed E-state index contributed by atoms with van der Waals surface area (Å²) in [6, 6.07) is 4.27. The molecule has 2 rings (SSSR count). The predicted octanol–water partition coefficient (Wildman–Crippen LogP) is 0.407. The van der Waals surface area contributed by atoms with Gasteiger partial charge in [0, 0.05) is 5.69 Å². The van der Waals surface area contributed by atoms with Gasteiger partial charge in [-0.05, 0) is 25.1 Å². The van der Waals surface area contributed by atoms with E-state index in [1.807, 2.05) is 0 Å². The number of carbonyl (C=O) groups excluding carboxylic acids is 1. The van der Waals surface area contributed by atoms with Gasteiger partial charge >= 0.3 is 5.76 Å². The van der Waals surface area contributed by atoms with Crippen LogP contribution >= 0.6 is 0 Å². The number of oxazole rings is 1. The Balaban J connectivity index is 2.32. The van der Waals surface area contributed by atoms with Crippen LogP contribution in [0.2, 0.25) is 0 Å². The Hall–Kier alpha value is -2.08. The van der Waals surface area contributed by atoms with Crippen LogP contribution < -0.4 is 16.8 Å². The number of amides is 1. The molecule has 6 heteroatoms. The van der Waals surface area contributed by atoms with Crippen LogP contribution in [0.25, 0.3) is 11.1 Å². The first-order valence-corrected chi connectivity index (χ1v) is 4.75. The molecule has 16 heavy (non-hydrogen) atoms. The van der Waals surface area contributed by atoms with E-state index in [1.54, 1.807) is 25.1 Å². The summed E-state index contributed by atoms with van der Waals surface area (Å²) >= 11 is 0. The van der Waals surface area contributed by atoms with Crippen molar-refractivity contribution < 1.29 is 9.21 Å². The molecule has 1 heterocycles. The Morgan fingerprint density at radius 2 is 2.31 bits per heavy atom. The smallest absolute Gasteiger partial charge is 0.408 e. The van der Waals surface area contributed by atoms with Crippen LogP contribution in [0.4, 0.5) is 5.69 Å². The minimum absolute atomic E-state index is 0.287. The van der Waals surface area contributed by atoms with Crippen LogP contribution in [0.1, 0.15) is 6.92 Å². The highest BCUT2D eigenvalue weighted by atomic mass is 16.4. The highest BCUT2D eigenvalue weighted by molar-refractivity contribution is 5.95. The molecule has 1 amide bonds. The second-order valence-corrected chi connectivity index (χ2v) is 3.50. The normalized spacial score (nSPS) is 12.6. The van der Waals surface area contributed by atoms with E-state index in [-0.39, 0.29) is 5.91 Å². The Morgan fingerprint density at radius 3 is 3.00 bits per heavy atom. The van der Waals surface area contributed by atoms with Crippen LogP contribution in [0.15, 0.2) is 27.4 Å². The Kier molecular flexibility index (Phi) is 2.49. The summed E-state index contributed by atoms with van der Waals surface area (Å²) in [5, 5.41) is 2.62. The number of fused-ring (bicyclic) bond motifs is 1. The van der Waals surface area contributed by atoms with Gasteiger partial charge in [-0.2, -0.15) is 0 Å². The fourth-order valence-corrected chi connectivity index (χ4v) is 1.29. The number of benzene rings is 1. The SMILES string of the molecule is C[C@@H](N)C(=O)Nc1ccc2oc(=O)[nH]c2c1. The summed E-state index contributed by atoms with van der Waals surface area (Å²) in [5.41, 5.74) is 6.96. The zero-order valence-electron chi connectivity index (χ0n) is 8.61. The molecule has 0 fully saturated rings. The number of anilines is 1. The largest absolute Gasteiger partial charge is 0.417 e. The van der Waals surface area contributed by atoms with E-state index in [4.69, 9.17) is 10.2 Å². The number of hydrogen-bond donors (Lipinski definition) is 3. The third-order valence-corrected chi connectivity index (χ3v) is 2.10. The molecular weight excluding hydrogens is 210 g/mol. The number of carbonyl (C=O) groups is 1. The van der Waals surface area contributed by atoms with Crippen LogP contribution in [0, 0.1) is 0 Å². The number of aromatic nitrogens is 1. The lowest BCUT2D eigenvalue weighted by molar-refractivity contribution is -0.117. The maximum Gasteiger partial charge on any atom is 0.417 e. The van der Waals surface area contributed by atoms with Crippen LogP contribution in [-0.4, -0.2) is 16.9 Å². The van der Waals surface area contributed by atoms with E-state index in [0.29, 0.717) is 16.8 Å². The third-order valence-electron chi connectivity index (χ3n) is 2.10. The zero-order valence-corrected chi connectivity index (χ0v) is 8.61. The molecule has 1 aromatic carbocycles. The van der Waals surface area contributed by atoms with E-state index >= 15 is 0 Å². The number of nitrogens with two attached hydrogens (primary N) is 1. The molecule has 0 bridgehead atoms.